The lowest BCUT2D eigenvalue weighted by atomic mass is 10.3. The van der Waals surface area contributed by atoms with E-state index in [1.165, 1.54) is 4.90 Å². The van der Waals surface area contributed by atoms with Crippen molar-refractivity contribution in [1.29, 1.82) is 0 Å². The number of carbonyl (C=O) groups excluding carboxylic acids is 1. The van der Waals surface area contributed by atoms with Crippen LogP contribution < -0.4 is 10.6 Å². The molecule has 0 heterocycles. The third-order valence-electron chi connectivity index (χ3n) is 2.39. The maximum Gasteiger partial charge on any atom is 0.243 e. The fourth-order valence-electron chi connectivity index (χ4n) is 1.02. The average molecular weight is 414 g/mol. The van der Waals surface area contributed by atoms with E-state index in [2.05, 4.69) is 35.4 Å². The van der Waals surface area contributed by atoms with Gasteiger partial charge in [-0.3, -0.25) is 4.79 Å². The zero-order valence-electron chi connectivity index (χ0n) is 13.0. The molecule has 0 spiro atoms. The monoisotopic (exact) mass is 414 g/mol. The van der Waals surface area contributed by atoms with Crippen molar-refractivity contribution >= 4 is 47.6 Å². The van der Waals surface area contributed by atoms with Crippen molar-refractivity contribution in [2.24, 2.45) is 4.99 Å². The van der Waals surface area contributed by atoms with Gasteiger partial charge >= 0.3 is 0 Å². The number of rotatable bonds is 7. The first-order chi connectivity index (χ1) is 8.86. The molecule has 0 aromatic heterocycles. The number of carbonyl (C=O) groups is 1. The van der Waals surface area contributed by atoms with Crippen molar-refractivity contribution in [3.05, 3.63) is 12.2 Å². The lowest BCUT2D eigenvalue weighted by Gasteiger charge is -2.15. The molecule has 0 rings (SSSR count). The second kappa shape index (κ2) is 12.3. The molecule has 0 radical (unpaired) electrons. The van der Waals surface area contributed by atoms with Gasteiger partial charge in [-0.1, -0.05) is 19.1 Å². The molecule has 1 atom stereocenters. The van der Waals surface area contributed by atoms with Crippen LogP contribution in [-0.4, -0.2) is 62.0 Å². The van der Waals surface area contributed by atoms with Gasteiger partial charge in [-0.15, -0.1) is 24.0 Å². The summed E-state index contributed by atoms with van der Waals surface area (Å²) >= 11 is 1.78. The van der Waals surface area contributed by atoms with Crippen LogP contribution in [0.1, 0.15) is 13.8 Å². The zero-order valence-corrected chi connectivity index (χ0v) is 16.2. The predicted octanol–water partition coefficient (Wildman–Crippen LogP) is 1.56. The van der Waals surface area contributed by atoms with Crippen molar-refractivity contribution < 1.29 is 4.79 Å². The number of guanidine groups is 1. The Balaban J connectivity index is 0. The van der Waals surface area contributed by atoms with E-state index in [9.17, 15) is 4.79 Å². The maximum atomic E-state index is 11.5. The van der Waals surface area contributed by atoms with Crippen molar-refractivity contribution in [1.82, 2.24) is 15.5 Å². The van der Waals surface area contributed by atoms with Gasteiger partial charge in [0.2, 0.25) is 5.91 Å². The zero-order chi connectivity index (χ0) is 14.8. The summed E-state index contributed by atoms with van der Waals surface area (Å²) < 4.78 is 0. The minimum atomic E-state index is -0.0191. The first-order valence-electron chi connectivity index (χ1n) is 6.26. The molecule has 0 saturated heterocycles. The Hall–Kier alpha value is -0.440. The summed E-state index contributed by atoms with van der Waals surface area (Å²) in [4.78, 5) is 17.3. The Labute approximate surface area is 144 Å². The summed E-state index contributed by atoms with van der Waals surface area (Å²) in [5, 5.41) is 6.87. The summed E-state index contributed by atoms with van der Waals surface area (Å²) in [5.41, 5.74) is 1.02. The number of hydrogen-bond donors (Lipinski definition) is 2. The minimum Gasteiger partial charge on any atom is -0.355 e. The quantitative estimate of drug-likeness (QED) is 0.287. The van der Waals surface area contributed by atoms with Crippen molar-refractivity contribution in [2.45, 2.75) is 19.1 Å². The van der Waals surface area contributed by atoms with Gasteiger partial charge in [-0.2, -0.15) is 11.8 Å². The number of halogens is 1. The smallest absolute Gasteiger partial charge is 0.243 e. The number of hydrogen-bond acceptors (Lipinski definition) is 3. The van der Waals surface area contributed by atoms with Crippen LogP contribution in [0.15, 0.2) is 17.1 Å². The minimum absolute atomic E-state index is 0. The fraction of sp³-hybridized carbons (Fsp3) is 0.692. The molecule has 0 saturated carbocycles. The Bertz CT molecular complexity index is 334. The molecule has 0 fully saturated rings. The van der Waals surface area contributed by atoms with Gasteiger partial charge in [0.25, 0.3) is 0 Å². The molecule has 1 amide bonds. The number of thioether (sulfide) groups is 1. The molecule has 1 unspecified atom stereocenters. The fourth-order valence-corrected chi connectivity index (χ4v) is 1.27. The molecule has 118 valence electrons. The van der Waals surface area contributed by atoms with E-state index in [-0.39, 0.29) is 36.4 Å². The first kappa shape index (κ1) is 21.9. The van der Waals surface area contributed by atoms with Crippen LogP contribution >= 0.6 is 35.7 Å². The maximum absolute atomic E-state index is 11.5. The number of amides is 1. The van der Waals surface area contributed by atoms with Crippen LogP contribution in [0.3, 0.4) is 0 Å². The van der Waals surface area contributed by atoms with Crippen LogP contribution in [0.25, 0.3) is 0 Å². The molecule has 7 heteroatoms. The summed E-state index contributed by atoms with van der Waals surface area (Å²) in [5.74, 6) is 0.633. The molecule has 20 heavy (non-hydrogen) atoms. The normalized spacial score (nSPS) is 12.2. The van der Waals surface area contributed by atoms with Gasteiger partial charge in [0.15, 0.2) is 5.96 Å². The van der Waals surface area contributed by atoms with Crippen LogP contribution in [0.4, 0.5) is 0 Å². The first-order valence-corrected chi connectivity index (χ1v) is 7.55. The number of nitrogens with one attached hydrogen (secondary N) is 2. The van der Waals surface area contributed by atoms with E-state index >= 15 is 0 Å². The van der Waals surface area contributed by atoms with Crippen LogP contribution in [-0.2, 0) is 4.79 Å². The Morgan fingerprint density at radius 2 is 2.00 bits per heavy atom. The number of likely N-dealkylation sites (N-methyl/N-ethyl adjacent to an activating group) is 1. The van der Waals surface area contributed by atoms with Crippen LogP contribution in [0.5, 0.6) is 0 Å². The highest BCUT2D eigenvalue weighted by Crippen LogP contribution is 2.02. The van der Waals surface area contributed by atoms with Gasteiger partial charge in [0.05, 0.1) is 0 Å². The standard InChI is InChI=1S/C13H26N4OS.HI/c1-10(2)7-14-13(15-8-11(3)19-6)16-9-12(18)17(4)5;/h11H,1,7-9H2,2-6H3,(H2,14,15,16);1H. The molecule has 0 bridgehead atoms. The van der Waals surface area contributed by atoms with Crippen molar-refractivity contribution in [3.63, 3.8) is 0 Å². The van der Waals surface area contributed by atoms with E-state index in [1.807, 2.05) is 6.92 Å². The van der Waals surface area contributed by atoms with Crippen LogP contribution in [0, 0.1) is 0 Å². The number of aliphatic imine (C=N–C) groups is 1. The Kier molecular flexibility index (Phi) is 13.5. The SMILES string of the molecule is C=C(C)CNC(=NCC(=O)N(C)C)NCC(C)SC.I. The number of nitrogens with zero attached hydrogens (tertiary/aromatic N) is 2. The lowest BCUT2D eigenvalue weighted by Crippen LogP contribution is -2.41. The molecule has 0 aliphatic rings. The Morgan fingerprint density at radius 3 is 2.45 bits per heavy atom. The van der Waals surface area contributed by atoms with E-state index in [1.54, 1.807) is 25.9 Å². The highest BCUT2D eigenvalue weighted by Gasteiger charge is 2.05. The molecule has 0 aromatic carbocycles. The topological polar surface area (TPSA) is 56.7 Å². The van der Waals surface area contributed by atoms with Crippen LogP contribution in [0.2, 0.25) is 0 Å². The molecule has 2 N–H and O–H groups in total. The average Bonchev–Trinajstić information content (AvgIpc) is 2.36. The molecule has 5 nitrogen and oxygen atoms in total. The summed E-state index contributed by atoms with van der Waals surface area (Å²) in [7, 11) is 3.45. The van der Waals surface area contributed by atoms with Gasteiger partial charge in [0, 0.05) is 32.4 Å². The van der Waals surface area contributed by atoms with Gasteiger partial charge in [-0.05, 0) is 13.2 Å². The van der Waals surface area contributed by atoms with Gasteiger partial charge in [0.1, 0.15) is 6.54 Å². The van der Waals surface area contributed by atoms with Gasteiger partial charge < -0.3 is 15.5 Å². The van der Waals surface area contributed by atoms with Crippen molar-refractivity contribution in [2.75, 3.05) is 40.0 Å². The molecular weight excluding hydrogens is 387 g/mol. The predicted molar refractivity (Wildman–Crippen MR) is 100 cm³/mol. The second-order valence-corrected chi connectivity index (χ2v) is 5.97. The molecule has 0 aliphatic carbocycles. The Morgan fingerprint density at radius 1 is 1.40 bits per heavy atom. The van der Waals surface area contributed by atoms with E-state index in [4.69, 9.17) is 0 Å². The van der Waals surface area contributed by atoms with E-state index < -0.39 is 0 Å². The molecule has 0 aliphatic heterocycles. The molecule has 0 aromatic rings. The van der Waals surface area contributed by atoms with E-state index in [0.29, 0.717) is 17.8 Å². The van der Waals surface area contributed by atoms with Crippen molar-refractivity contribution in [3.8, 4) is 0 Å². The van der Waals surface area contributed by atoms with Gasteiger partial charge in [-0.25, -0.2) is 4.99 Å². The highest BCUT2D eigenvalue weighted by molar-refractivity contribution is 14.0. The third kappa shape index (κ3) is 11.4. The van der Waals surface area contributed by atoms with E-state index in [0.717, 1.165) is 12.1 Å². The summed E-state index contributed by atoms with van der Waals surface area (Å²) in [6.45, 7) is 9.52. The third-order valence-corrected chi connectivity index (χ3v) is 3.36. The molecular formula is C13H27IN4OS. The highest BCUT2D eigenvalue weighted by atomic mass is 127. The lowest BCUT2D eigenvalue weighted by molar-refractivity contribution is -0.127. The second-order valence-electron chi connectivity index (χ2n) is 4.69. The summed E-state index contributed by atoms with van der Waals surface area (Å²) in [6.07, 6.45) is 2.07. The largest absolute Gasteiger partial charge is 0.355 e. The summed E-state index contributed by atoms with van der Waals surface area (Å²) in [6, 6.07) is 0.